The molecule has 126 valence electrons. The number of fused-ring (bicyclic) bond motifs is 7. The van der Waals surface area contributed by atoms with Gasteiger partial charge in [-0.2, -0.15) is 0 Å². The van der Waals surface area contributed by atoms with E-state index in [9.17, 15) is 5.11 Å². The van der Waals surface area contributed by atoms with Gasteiger partial charge >= 0.3 is 0 Å². The molecule has 1 N–H and O–H groups in total. The Morgan fingerprint density at radius 1 is 0.960 bits per heavy atom. The molecule has 0 spiro atoms. The Hall–Kier alpha value is -2.86. The van der Waals surface area contributed by atoms with Gasteiger partial charge in [-0.3, -0.25) is 0 Å². The summed E-state index contributed by atoms with van der Waals surface area (Å²) >= 11 is 0. The molecule has 1 atom stereocenters. The van der Waals surface area contributed by atoms with Crippen LogP contribution in [-0.4, -0.2) is 30.1 Å². The molecular formula is C19H15NO5. The van der Waals surface area contributed by atoms with Gasteiger partial charge in [0.2, 0.25) is 13.6 Å². The number of hydrogen-bond donors (Lipinski definition) is 1. The number of benzene rings is 2. The van der Waals surface area contributed by atoms with Crippen LogP contribution in [0.5, 0.6) is 23.0 Å². The summed E-state index contributed by atoms with van der Waals surface area (Å²) < 4.78 is 22.1. The van der Waals surface area contributed by atoms with Crippen LogP contribution < -0.4 is 18.9 Å². The van der Waals surface area contributed by atoms with Crippen LogP contribution in [-0.2, 0) is 6.42 Å². The second-order valence-electron chi connectivity index (χ2n) is 6.51. The van der Waals surface area contributed by atoms with Crippen LogP contribution in [0.25, 0.3) is 11.8 Å². The predicted octanol–water partition coefficient (Wildman–Crippen LogP) is 2.50. The van der Waals surface area contributed by atoms with Gasteiger partial charge in [0.15, 0.2) is 29.2 Å². The number of ether oxygens (including phenoxy) is 4. The van der Waals surface area contributed by atoms with Crippen molar-refractivity contribution in [2.24, 2.45) is 0 Å². The number of rotatable bonds is 0. The maximum Gasteiger partial charge on any atom is 0.231 e. The number of aliphatic hydroxyl groups excluding tert-OH is 1. The van der Waals surface area contributed by atoms with Crippen LogP contribution >= 0.6 is 0 Å². The average molecular weight is 337 g/mol. The summed E-state index contributed by atoms with van der Waals surface area (Å²) in [4.78, 5) is 2.01. The Morgan fingerprint density at radius 2 is 1.76 bits per heavy atom. The zero-order valence-corrected chi connectivity index (χ0v) is 13.3. The number of nitrogens with zero attached hydrogens (tertiary/aromatic N) is 1. The molecule has 4 heterocycles. The van der Waals surface area contributed by atoms with Gasteiger partial charge < -0.3 is 29.0 Å². The van der Waals surface area contributed by atoms with E-state index in [1.165, 1.54) is 5.56 Å². The van der Waals surface area contributed by atoms with Crippen molar-refractivity contribution in [1.29, 1.82) is 0 Å². The van der Waals surface area contributed by atoms with Crippen molar-refractivity contribution in [1.82, 2.24) is 4.90 Å². The van der Waals surface area contributed by atoms with E-state index in [1.54, 1.807) is 0 Å². The van der Waals surface area contributed by atoms with Gasteiger partial charge in [0.05, 0.1) is 5.56 Å². The topological polar surface area (TPSA) is 60.4 Å². The summed E-state index contributed by atoms with van der Waals surface area (Å²) in [6.07, 6.45) is 2.18. The molecule has 2 aromatic carbocycles. The van der Waals surface area contributed by atoms with Crippen molar-refractivity contribution in [3.05, 3.63) is 46.5 Å². The molecule has 6 heteroatoms. The summed E-state index contributed by atoms with van der Waals surface area (Å²) in [6.45, 7) is 1.18. The van der Waals surface area contributed by atoms with Crippen molar-refractivity contribution in [3.63, 3.8) is 0 Å². The Bertz CT molecular complexity index is 951. The smallest absolute Gasteiger partial charge is 0.231 e. The van der Waals surface area contributed by atoms with Crippen molar-refractivity contribution >= 4 is 11.8 Å². The first-order valence-corrected chi connectivity index (χ1v) is 8.31. The van der Waals surface area contributed by atoms with Crippen molar-refractivity contribution in [3.8, 4) is 23.0 Å². The lowest BCUT2D eigenvalue weighted by atomic mass is 9.89. The fourth-order valence-corrected chi connectivity index (χ4v) is 4.06. The molecule has 0 fully saturated rings. The molecule has 0 bridgehead atoms. The largest absolute Gasteiger partial charge is 0.454 e. The predicted molar refractivity (Wildman–Crippen MR) is 88.4 cm³/mol. The van der Waals surface area contributed by atoms with Gasteiger partial charge in [-0.15, -0.1) is 0 Å². The summed E-state index contributed by atoms with van der Waals surface area (Å²) in [5.74, 6) is 2.90. The van der Waals surface area contributed by atoms with E-state index in [4.69, 9.17) is 18.9 Å². The lowest BCUT2D eigenvalue weighted by molar-refractivity contribution is 0.0392. The third kappa shape index (κ3) is 1.72. The molecule has 0 saturated carbocycles. The van der Waals surface area contributed by atoms with E-state index >= 15 is 0 Å². The van der Waals surface area contributed by atoms with Gasteiger partial charge in [-0.1, -0.05) is 6.07 Å². The number of aliphatic hydroxyl groups is 1. The molecule has 0 radical (unpaired) electrons. The molecule has 1 unspecified atom stereocenters. The molecule has 2 aromatic rings. The Kier molecular flexibility index (Phi) is 2.48. The van der Waals surface area contributed by atoms with E-state index < -0.39 is 6.23 Å². The zero-order chi connectivity index (χ0) is 16.5. The van der Waals surface area contributed by atoms with Crippen LogP contribution in [0, 0.1) is 0 Å². The maximum atomic E-state index is 11.0. The molecule has 6 rings (SSSR count). The molecule has 4 aliphatic heterocycles. The molecule has 0 amide bonds. The zero-order valence-electron chi connectivity index (χ0n) is 13.3. The molecule has 25 heavy (non-hydrogen) atoms. The number of hydrogen-bond acceptors (Lipinski definition) is 6. The first-order valence-electron chi connectivity index (χ1n) is 8.31. The first kappa shape index (κ1) is 13.4. The Morgan fingerprint density at radius 3 is 2.68 bits per heavy atom. The van der Waals surface area contributed by atoms with Crippen molar-refractivity contribution in [2.75, 3.05) is 20.1 Å². The summed E-state index contributed by atoms with van der Waals surface area (Å²) in [7, 11) is 0. The van der Waals surface area contributed by atoms with E-state index in [1.807, 2.05) is 23.1 Å². The minimum absolute atomic E-state index is 0.196. The molecule has 6 nitrogen and oxygen atoms in total. The van der Waals surface area contributed by atoms with Crippen LogP contribution in [0.2, 0.25) is 0 Å². The van der Waals surface area contributed by atoms with Gasteiger partial charge in [0.1, 0.15) is 0 Å². The highest BCUT2D eigenvalue weighted by Crippen LogP contribution is 2.49. The molecule has 4 aliphatic rings. The maximum absolute atomic E-state index is 11.0. The quantitative estimate of drug-likeness (QED) is 0.797. The average Bonchev–Trinajstić information content (AvgIpc) is 3.28. The van der Waals surface area contributed by atoms with Gasteiger partial charge in [0.25, 0.3) is 0 Å². The lowest BCUT2D eigenvalue weighted by Gasteiger charge is -2.40. The van der Waals surface area contributed by atoms with Gasteiger partial charge in [-0.25, -0.2) is 0 Å². The normalized spacial score (nSPS) is 21.4. The molecular weight excluding hydrogens is 322 g/mol. The molecule has 0 saturated heterocycles. The van der Waals surface area contributed by atoms with E-state index in [0.29, 0.717) is 11.5 Å². The van der Waals surface area contributed by atoms with Crippen LogP contribution in [0.3, 0.4) is 0 Å². The summed E-state index contributed by atoms with van der Waals surface area (Å²) in [5.41, 5.74) is 5.02. The second kappa shape index (κ2) is 4.61. The van der Waals surface area contributed by atoms with Crippen LogP contribution in [0.1, 0.15) is 28.5 Å². The highest BCUT2D eigenvalue weighted by atomic mass is 16.7. The first-order chi connectivity index (χ1) is 12.3. The Labute approximate surface area is 143 Å². The second-order valence-corrected chi connectivity index (χ2v) is 6.51. The highest BCUT2D eigenvalue weighted by molar-refractivity contribution is 5.87. The van der Waals surface area contributed by atoms with Crippen molar-refractivity contribution < 1.29 is 24.1 Å². The monoisotopic (exact) mass is 337 g/mol. The standard InChI is InChI=1S/C19H15NO5/c21-19-17-11(1-2-14-18(17)25-9-22-14)5-13-12-7-16-15(23-8-24-16)6-10(12)3-4-20(13)19/h1-2,5-7,19,21H,3-4,8-9H2. The van der Waals surface area contributed by atoms with Crippen molar-refractivity contribution in [2.45, 2.75) is 12.6 Å². The summed E-state index contributed by atoms with van der Waals surface area (Å²) in [5, 5.41) is 11.0. The van der Waals surface area contributed by atoms with Crippen LogP contribution in [0.4, 0.5) is 0 Å². The molecule has 0 aromatic heterocycles. The minimum atomic E-state index is -0.759. The van der Waals surface area contributed by atoms with E-state index in [0.717, 1.165) is 46.9 Å². The van der Waals surface area contributed by atoms with E-state index in [-0.39, 0.29) is 13.6 Å². The fourth-order valence-electron chi connectivity index (χ4n) is 4.06. The van der Waals surface area contributed by atoms with Gasteiger partial charge in [-0.05, 0) is 41.8 Å². The van der Waals surface area contributed by atoms with E-state index in [2.05, 4.69) is 12.1 Å². The summed E-state index contributed by atoms with van der Waals surface area (Å²) in [6, 6.07) is 7.93. The van der Waals surface area contributed by atoms with Crippen LogP contribution in [0.15, 0.2) is 24.3 Å². The highest BCUT2D eigenvalue weighted by Gasteiger charge is 2.36. The SMILES string of the molecule is OC1c2c(ccc3c2OCO3)C=C2c3cc4c(cc3CCN21)OCO4. The third-order valence-corrected chi connectivity index (χ3v) is 5.26. The minimum Gasteiger partial charge on any atom is -0.454 e. The van der Waals surface area contributed by atoms with Gasteiger partial charge in [0, 0.05) is 17.8 Å². The third-order valence-electron chi connectivity index (χ3n) is 5.26. The lowest BCUT2D eigenvalue weighted by Crippen LogP contribution is -2.35. The molecule has 0 aliphatic carbocycles. The Balaban J connectivity index is 1.56. The fraction of sp³-hybridized carbons (Fsp3) is 0.263.